The summed E-state index contributed by atoms with van der Waals surface area (Å²) in [6, 6.07) is 13.3. The SMILES string of the molecule is CC1(C)CC(C)(C)C1NC(=O)c1ccc(N2CCN(C3CC4(CCN(c5ccc6c(c5)C(=O)N(C5CCC(=O)NC5=O)C6=O)C4)C3)CC2)cc1. The Morgan fingerprint density at radius 2 is 1.46 bits per heavy atom. The highest BCUT2D eigenvalue weighted by Crippen LogP contribution is 2.54. The molecule has 0 aromatic heterocycles. The van der Waals surface area contributed by atoms with Crippen LogP contribution >= 0.6 is 0 Å². The number of rotatable bonds is 6. The van der Waals surface area contributed by atoms with Gasteiger partial charge in [0.15, 0.2) is 0 Å². The van der Waals surface area contributed by atoms with Gasteiger partial charge in [-0.3, -0.25) is 39.1 Å². The average molecular weight is 681 g/mol. The maximum atomic E-state index is 13.4. The summed E-state index contributed by atoms with van der Waals surface area (Å²) in [5.41, 5.74) is 3.97. The van der Waals surface area contributed by atoms with Crippen LogP contribution < -0.4 is 20.4 Å². The largest absolute Gasteiger partial charge is 0.371 e. The van der Waals surface area contributed by atoms with E-state index in [1.807, 2.05) is 24.3 Å². The van der Waals surface area contributed by atoms with Crippen LogP contribution in [0.1, 0.15) is 97.3 Å². The highest BCUT2D eigenvalue weighted by molar-refractivity contribution is 6.23. The van der Waals surface area contributed by atoms with Crippen LogP contribution in [0.25, 0.3) is 0 Å². The predicted octanol–water partition coefficient (Wildman–Crippen LogP) is 3.82. The van der Waals surface area contributed by atoms with E-state index in [9.17, 15) is 24.0 Å². The second-order valence-corrected chi connectivity index (χ2v) is 17.0. The van der Waals surface area contributed by atoms with Gasteiger partial charge in [0.2, 0.25) is 11.8 Å². The van der Waals surface area contributed by atoms with E-state index in [0.717, 1.165) is 81.2 Å². The van der Waals surface area contributed by atoms with Crippen LogP contribution in [0, 0.1) is 16.2 Å². The molecular formula is C39H48N6O5. The number of nitrogens with zero attached hydrogens (tertiary/aromatic N) is 4. The van der Waals surface area contributed by atoms with Crippen molar-refractivity contribution in [2.45, 2.75) is 84.3 Å². The summed E-state index contributed by atoms with van der Waals surface area (Å²) >= 11 is 0. The van der Waals surface area contributed by atoms with Gasteiger partial charge in [-0.2, -0.15) is 0 Å². The Kier molecular flexibility index (Phi) is 7.67. The van der Waals surface area contributed by atoms with Gasteiger partial charge < -0.3 is 15.1 Å². The lowest BCUT2D eigenvalue weighted by molar-refractivity contribution is -0.136. The van der Waals surface area contributed by atoms with E-state index in [1.165, 1.54) is 0 Å². The van der Waals surface area contributed by atoms with E-state index in [2.05, 4.69) is 65.2 Å². The van der Waals surface area contributed by atoms with Crippen LogP contribution in [0.3, 0.4) is 0 Å². The molecule has 0 bridgehead atoms. The van der Waals surface area contributed by atoms with Crippen molar-refractivity contribution >= 4 is 40.9 Å². The number of imide groups is 2. The standard InChI is InChI=1S/C39H48N6O5/c1-37(2)22-38(3,4)36(37)41-32(47)24-5-7-25(8-6-24)42-15-17-43(18-16-42)27-20-39(21-27)13-14-44(23-39)26-9-10-28-29(19-26)35(50)45(34(28)49)30-11-12-31(46)40-33(30)48/h5-10,19,27,30,36H,11-18,20-23H2,1-4H3,(H,41,47)(H,40,46,48). The normalized spacial score (nSPS) is 27.2. The lowest BCUT2D eigenvalue weighted by Gasteiger charge is -2.57. The third-order valence-corrected chi connectivity index (χ3v) is 12.6. The van der Waals surface area contributed by atoms with Crippen LogP contribution in [-0.4, -0.2) is 96.7 Å². The van der Waals surface area contributed by atoms with Crippen molar-refractivity contribution in [2.24, 2.45) is 16.2 Å². The van der Waals surface area contributed by atoms with E-state index >= 15 is 0 Å². The number of carbonyl (C=O) groups excluding carboxylic acids is 5. The van der Waals surface area contributed by atoms with Crippen LogP contribution in [0.5, 0.6) is 0 Å². The van der Waals surface area contributed by atoms with Gasteiger partial charge in [0.25, 0.3) is 17.7 Å². The molecule has 0 radical (unpaired) electrons. The van der Waals surface area contributed by atoms with Crippen molar-refractivity contribution in [3.05, 3.63) is 59.2 Å². The van der Waals surface area contributed by atoms with E-state index in [-0.39, 0.29) is 46.9 Å². The van der Waals surface area contributed by atoms with Crippen molar-refractivity contribution < 1.29 is 24.0 Å². The molecule has 11 nitrogen and oxygen atoms in total. The van der Waals surface area contributed by atoms with Crippen molar-refractivity contribution in [3.8, 4) is 0 Å². The number of piperazine rings is 1. The van der Waals surface area contributed by atoms with Crippen LogP contribution in [0.4, 0.5) is 11.4 Å². The quantitative estimate of drug-likeness (QED) is 0.442. The molecule has 6 aliphatic rings. The molecule has 2 aromatic carbocycles. The molecule has 5 fully saturated rings. The van der Waals surface area contributed by atoms with Gasteiger partial charge in [0.05, 0.1) is 11.1 Å². The first-order chi connectivity index (χ1) is 23.7. The van der Waals surface area contributed by atoms with Gasteiger partial charge in [0.1, 0.15) is 6.04 Å². The van der Waals surface area contributed by atoms with Gasteiger partial charge in [-0.05, 0) is 90.8 Å². The summed E-state index contributed by atoms with van der Waals surface area (Å²) in [6.07, 6.45) is 4.79. The molecule has 2 aliphatic carbocycles. The molecule has 4 aliphatic heterocycles. The fraction of sp³-hybridized carbons (Fsp3) is 0.564. The van der Waals surface area contributed by atoms with Gasteiger partial charge in [-0.15, -0.1) is 0 Å². The molecule has 50 heavy (non-hydrogen) atoms. The van der Waals surface area contributed by atoms with Crippen LogP contribution in [-0.2, 0) is 9.59 Å². The summed E-state index contributed by atoms with van der Waals surface area (Å²) in [6.45, 7) is 14.7. The molecule has 2 saturated carbocycles. The monoisotopic (exact) mass is 680 g/mol. The molecule has 5 amide bonds. The zero-order valence-electron chi connectivity index (χ0n) is 29.6. The highest BCUT2D eigenvalue weighted by Gasteiger charge is 2.54. The predicted molar refractivity (Wildman–Crippen MR) is 189 cm³/mol. The van der Waals surface area contributed by atoms with Crippen molar-refractivity contribution in [1.29, 1.82) is 0 Å². The first kappa shape index (κ1) is 32.9. The molecule has 8 rings (SSSR count). The van der Waals surface area contributed by atoms with E-state index in [1.54, 1.807) is 6.07 Å². The highest BCUT2D eigenvalue weighted by atomic mass is 16.2. The fourth-order valence-electron chi connectivity index (χ4n) is 10.4. The Morgan fingerprint density at radius 3 is 2.12 bits per heavy atom. The Labute approximate surface area is 293 Å². The van der Waals surface area contributed by atoms with E-state index < -0.39 is 23.8 Å². The average Bonchev–Trinajstić information content (AvgIpc) is 3.62. The topological polar surface area (TPSA) is 122 Å². The summed E-state index contributed by atoms with van der Waals surface area (Å²) in [7, 11) is 0. The minimum Gasteiger partial charge on any atom is -0.371 e. The molecule has 1 unspecified atom stereocenters. The Hall–Kier alpha value is -4.25. The summed E-state index contributed by atoms with van der Waals surface area (Å²) in [5.74, 6) is -1.89. The maximum absolute atomic E-state index is 13.4. The van der Waals surface area contributed by atoms with Crippen LogP contribution in [0.2, 0.25) is 0 Å². The smallest absolute Gasteiger partial charge is 0.262 e. The Balaban J connectivity index is 0.826. The molecular weight excluding hydrogens is 632 g/mol. The third kappa shape index (κ3) is 5.48. The van der Waals surface area contributed by atoms with Crippen LogP contribution in [0.15, 0.2) is 42.5 Å². The van der Waals surface area contributed by atoms with Gasteiger partial charge in [-0.25, -0.2) is 0 Å². The zero-order chi connectivity index (χ0) is 35.2. The lowest BCUT2D eigenvalue weighted by Crippen LogP contribution is -2.63. The van der Waals surface area contributed by atoms with Gasteiger partial charge in [0, 0.05) is 74.7 Å². The number of nitrogens with one attached hydrogen (secondary N) is 2. The molecule has 264 valence electrons. The molecule has 2 N–H and O–H groups in total. The van der Waals surface area contributed by atoms with Crippen molar-refractivity contribution in [2.75, 3.05) is 49.1 Å². The molecule has 1 spiro atoms. The van der Waals surface area contributed by atoms with Gasteiger partial charge >= 0.3 is 0 Å². The van der Waals surface area contributed by atoms with Crippen molar-refractivity contribution in [1.82, 2.24) is 20.4 Å². The second-order valence-electron chi connectivity index (χ2n) is 17.0. The zero-order valence-corrected chi connectivity index (χ0v) is 29.6. The first-order valence-electron chi connectivity index (χ1n) is 18.2. The first-order valence-corrected chi connectivity index (χ1v) is 18.2. The maximum Gasteiger partial charge on any atom is 0.262 e. The molecule has 3 saturated heterocycles. The number of anilines is 2. The number of hydrogen-bond acceptors (Lipinski definition) is 8. The minimum atomic E-state index is -0.955. The Morgan fingerprint density at radius 1 is 0.800 bits per heavy atom. The fourth-order valence-corrected chi connectivity index (χ4v) is 10.4. The number of piperidine rings is 1. The van der Waals surface area contributed by atoms with Gasteiger partial charge in [-0.1, -0.05) is 27.7 Å². The van der Waals surface area contributed by atoms with E-state index in [4.69, 9.17) is 0 Å². The molecule has 2 aromatic rings. The molecule has 4 heterocycles. The lowest BCUT2D eigenvalue weighted by atomic mass is 9.52. The summed E-state index contributed by atoms with van der Waals surface area (Å²) < 4.78 is 0. The van der Waals surface area contributed by atoms with Crippen molar-refractivity contribution in [3.63, 3.8) is 0 Å². The number of fused-ring (bicyclic) bond motifs is 1. The summed E-state index contributed by atoms with van der Waals surface area (Å²) in [5, 5.41) is 5.55. The number of benzene rings is 2. The summed E-state index contributed by atoms with van der Waals surface area (Å²) in [4.78, 5) is 72.0. The Bertz CT molecular complexity index is 1760. The number of hydrogen-bond donors (Lipinski definition) is 2. The number of carbonyl (C=O) groups is 5. The second kappa shape index (κ2) is 11.6. The third-order valence-electron chi connectivity index (χ3n) is 12.6. The molecule has 11 heteroatoms. The number of amides is 5. The van der Waals surface area contributed by atoms with E-state index in [0.29, 0.717) is 22.7 Å². The minimum absolute atomic E-state index is 0.00722. The molecule has 1 atom stereocenters.